The Morgan fingerprint density at radius 1 is 1.15 bits per heavy atom. The Hall–Kier alpha value is -1.67. The first-order chi connectivity index (χ1) is 12.2. The highest BCUT2D eigenvalue weighted by molar-refractivity contribution is 9.11. The number of sulfone groups is 1. The fraction of sp³-hybridized carbons (Fsp3) is 0.444. The summed E-state index contributed by atoms with van der Waals surface area (Å²) in [6, 6.07) is 6.20. The van der Waals surface area contributed by atoms with Gasteiger partial charge in [0.1, 0.15) is 0 Å². The first-order valence-electron chi connectivity index (χ1n) is 8.24. The van der Waals surface area contributed by atoms with Crippen molar-refractivity contribution in [3.8, 4) is 0 Å². The smallest absolute Gasteiger partial charge is 0.336 e. The topological polar surface area (TPSA) is 86.7 Å². The summed E-state index contributed by atoms with van der Waals surface area (Å²) < 4.78 is 34.1. The van der Waals surface area contributed by atoms with Crippen LogP contribution >= 0.6 is 15.9 Å². The summed E-state index contributed by atoms with van der Waals surface area (Å²) in [5.74, 6) is -1.68. The minimum atomic E-state index is -3.95. The summed E-state index contributed by atoms with van der Waals surface area (Å²) in [6.45, 7) is 5.61. The molecule has 6 nitrogen and oxygen atoms in total. The summed E-state index contributed by atoms with van der Waals surface area (Å²) in [5, 5.41) is 0. The summed E-state index contributed by atoms with van der Waals surface area (Å²) in [5.41, 5.74) is 0.580. The van der Waals surface area contributed by atoms with Crippen LogP contribution in [0.1, 0.15) is 32.3 Å². The van der Waals surface area contributed by atoms with Gasteiger partial charge in [-0.3, -0.25) is 0 Å². The van der Waals surface area contributed by atoms with Crippen LogP contribution in [0.25, 0.3) is 0 Å². The van der Waals surface area contributed by atoms with Crippen LogP contribution in [0.15, 0.2) is 40.8 Å². The monoisotopic (exact) mass is 446 g/mol. The normalized spacial score (nSPS) is 13.2. The average molecular weight is 447 g/mol. The highest BCUT2D eigenvalue weighted by Crippen LogP contribution is 2.27. The maximum absolute atomic E-state index is 12.8. The number of halogens is 1. The molecule has 0 saturated carbocycles. The van der Waals surface area contributed by atoms with Crippen LogP contribution in [-0.2, 0) is 28.9 Å². The van der Waals surface area contributed by atoms with E-state index in [0.29, 0.717) is 6.42 Å². The molecule has 26 heavy (non-hydrogen) atoms. The summed E-state index contributed by atoms with van der Waals surface area (Å²) >= 11 is 3.05. The lowest BCUT2D eigenvalue weighted by atomic mass is 10.2. The van der Waals surface area contributed by atoms with E-state index in [9.17, 15) is 18.0 Å². The molecule has 0 aliphatic carbocycles. The lowest BCUT2D eigenvalue weighted by Crippen LogP contribution is -2.25. The van der Waals surface area contributed by atoms with E-state index in [0.717, 1.165) is 18.1 Å². The number of rotatable bonds is 9. The number of ether oxygens (including phenoxy) is 2. The van der Waals surface area contributed by atoms with E-state index in [4.69, 9.17) is 9.47 Å². The Bertz CT molecular complexity index is 752. The van der Waals surface area contributed by atoms with Gasteiger partial charge >= 0.3 is 11.9 Å². The average Bonchev–Trinajstić information content (AvgIpc) is 2.59. The Labute approximate surface area is 162 Å². The number of unbranched alkanes of at least 4 members (excludes halogenated alkanes) is 1. The van der Waals surface area contributed by atoms with Gasteiger partial charge in [0.05, 0.1) is 23.7 Å². The van der Waals surface area contributed by atoms with Crippen LogP contribution in [0.5, 0.6) is 0 Å². The SMILES string of the molecule is CCCCOC(=O)/C(=C\C(=O)OCC)C(Br)S(=O)(=O)c1ccc(C)cc1. The maximum atomic E-state index is 12.8. The fourth-order valence-electron chi connectivity index (χ4n) is 1.94. The van der Waals surface area contributed by atoms with Crippen molar-refractivity contribution < 1.29 is 27.5 Å². The van der Waals surface area contributed by atoms with Gasteiger partial charge in [0.2, 0.25) is 0 Å². The molecule has 0 N–H and O–H groups in total. The van der Waals surface area contributed by atoms with Gasteiger partial charge in [0, 0.05) is 6.08 Å². The molecular formula is C18H23BrO6S. The van der Waals surface area contributed by atoms with Gasteiger partial charge < -0.3 is 9.47 Å². The summed E-state index contributed by atoms with van der Waals surface area (Å²) in [6.07, 6.45) is 2.31. The largest absolute Gasteiger partial charge is 0.463 e. The summed E-state index contributed by atoms with van der Waals surface area (Å²) in [4.78, 5) is 24.1. The number of esters is 2. The quantitative estimate of drug-likeness (QED) is 0.250. The van der Waals surface area contributed by atoms with E-state index in [1.54, 1.807) is 19.1 Å². The highest BCUT2D eigenvalue weighted by Gasteiger charge is 2.33. The zero-order valence-corrected chi connectivity index (χ0v) is 17.4. The molecule has 144 valence electrons. The Balaban J connectivity index is 3.20. The number of hydrogen-bond donors (Lipinski definition) is 0. The molecule has 1 rings (SSSR count). The molecule has 0 aliphatic heterocycles. The molecule has 0 radical (unpaired) electrons. The van der Waals surface area contributed by atoms with E-state index in [2.05, 4.69) is 15.9 Å². The molecule has 1 unspecified atom stereocenters. The molecule has 0 fully saturated rings. The minimum Gasteiger partial charge on any atom is -0.463 e. The van der Waals surface area contributed by atoms with Crippen molar-refractivity contribution in [3.63, 3.8) is 0 Å². The van der Waals surface area contributed by atoms with Crippen LogP contribution in [0, 0.1) is 6.92 Å². The zero-order chi connectivity index (χ0) is 19.7. The van der Waals surface area contributed by atoms with Crippen LogP contribution in [0.2, 0.25) is 0 Å². The van der Waals surface area contributed by atoms with Gasteiger partial charge in [0.15, 0.2) is 14.0 Å². The Kier molecular flexibility index (Phi) is 9.01. The van der Waals surface area contributed by atoms with Crippen molar-refractivity contribution in [2.45, 2.75) is 42.7 Å². The van der Waals surface area contributed by atoms with Gasteiger partial charge in [-0.1, -0.05) is 47.0 Å². The molecule has 1 aromatic rings. The lowest BCUT2D eigenvalue weighted by molar-refractivity contribution is -0.141. The summed E-state index contributed by atoms with van der Waals surface area (Å²) in [7, 11) is -3.95. The molecule has 0 spiro atoms. The van der Waals surface area contributed by atoms with Gasteiger partial charge in [-0.25, -0.2) is 18.0 Å². The highest BCUT2D eigenvalue weighted by atomic mass is 79.9. The van der Waals surface area contributed by atoms with E-state index < -0.39 is 25.9 Å². The van der Waals surface area contributed by atoms with Crippen molar-refractivity contribution in [1.82, 2.24) is 0 Å². The first-order valence-corrected chi connectivity index (χ1v) is 10.7. The van der Waals surface area contributed by atoms with Crippen molar-refractivity contribution in [2.75, 3.05) is 13.2 Å². The first kappa shape index (κ1) is 22.4. The van der Waals surface area contributed by atoms with Crippen LogP contribution in [-0.4, -0.2) is 37.7 Å². The maximum Gasteiger partial charge on any atom is 0.336 e. The van der Waals surface area contributed by atoms with Crippen molar-refractivity contribution in [2.24, 2.45) is 0 Å². The van der Waals surface area contributed by atoms with Crippen LogP contribution in [0.4, 0.5) is 0 Å². The second-order valence-electron chi connectivity index (χ2n) is 5.52. The Morgan fingerprint density at radius 2 is 1.77 bits per heavy atom. The van der Waals surface area contributed by atoms with Crippen molar-refractivity contribution in [1.29, 1.82) is 0 Å². The van der Waals surface area contributed by atoms with E-state index in [1.807, 2.05) is 13.8 Å². The number of aryl methyl sites for hydroxylation is 1. The number of hydrogen-bond acceptors (Lipinski definition) is 6. The number of carbonyl (C=O) groups is 2. The number of alkyl halides is 1. The van der Waals surface area contributed by atoms with E-state index in [1.165, 1.54) is 12.1 Å². The minimum absolute atomic E-state index is 0.0288. The molecule has 1 atom stereocenters. The number of carbonyl (C=O) groups excluding carboxylic acids is 2. The van der Waals surface area contributed by atoms with Gasteiger partial charge in [-0.05, 0) is 32.4 Å². The zero-order valence-electron chi connectivity index (χ0n) is 15.0. The molecule has 0 aromatic heterocycles. The third kappa shape index (κ3) is 6.25. The third-order valence-corrected chi connectivity index (χ3v) is 7.09. The molecule has 0 amide bonds. The molecule has 8 heteroatoms. The van der Waals surface area contributed by atoms with Gasteiger partial charge in [-0.2, -0.15) is 0 Å². The second kappa shape index (κ2) is 10.5. The van der Waals surface area contributed by atoms with Crippen molar-refractivity contribution >= 4 is 37.7 Å². The van der Waals surface area contributed by atoms with Gasteiger partial charge in [0.25, 0.3) is 0 Å². The molecule has 0 heterocycles. The van der Waals surface area contributed by atoms with Crippen LogP contribution in [0.3, 0.4) is 0 Å². The molecule has 1 aromatic carbocycles. The van der Waals surface area contributed by atoms with E-state index >= 15 is 0 Å². The predicted octanol–water partition coefficient (Wildman–Crippen LogP) is 3.32. The van der Waals surface area contributed by atoms with Gasteiger partial charge in [-0.15, -0.1) is 0 Å². The molecule has 0 saturated heterocycles. The van der Waals surface area contributed by atoms with Crippen molar-refractivity contribution in [3.05, 3.63) is 41.5 Å². The molecule has 0 aliphatic rings. The second-order valence-corrected chi connectivity index (χ2v) is 9.07. The molecular weight excluding hydrogens is 424 g/mol. The standard InChI is InChI=1S/C18H23BrO6S/c1-4-6-11-25-18(21)15(12-16(20)24-5-2)17(19)26(22,23)14-9-7-13(3)8-10-14/h7-10,12,17H,4-6,11H2,1-3H3/b15-12-. The predicted molar refractivity (Wildman–Crippen MR) is 102 cm³/mol. The third-order valence-electron chi connectivity index (χ3n) is 3.39. The number of benzene rings is 1. The Morgan fingerprint density at radius 3 is 2.31 bits per heavy atom. The van der Waals surface area contributed by atoms with Crippen LogP contribution < -0.4 is 0 Å². The fourth-order valence-corrected chi connectivity index (χ4v) is 4.15. The van der Waals surface area contributed by atoms with E-state index in [-0.39, 0.29) is 23.7 Å². The lowest BCUT2D eigenvalue weighted by Gasteiger charge is -2.15. The molecule has 0 bridgehead atoms.